The fourth-order valence-electron chi connectivity index (χ4n) is 3.15. The summed E-state index contributed by atoms with van der Waals surface area (Å²) < 4.78 is 106. The van der Waals surface area contributed by atoms with Gasteiger partial charge in [0.25, 0.3) is 11.8 Å². The highest BCUT2D eigenvalue weighted by Crippen LogP contribution is 2.40. The van der Waals surface area contributed by atoms with Crippen LogP contribution in [0.3, 0.4) is 0 Å². The molecule has 2 rings (SSSR count). The average Bonchev–Trinajstić information content (AvgIpc) is 2.74. The molecule has 0 saturated heterocycles. The minimum Gasteiger partial charge on any atom is -0.351 e. The summed E-state index contributed by atoms with van der Waals surface area (Å²) in [4.78, 5) is 12.3. The molecule has 2 aromatic carbocycles. The maximum atomic E-state index is 14.3. The number of hydrogen-bond donors (Lipinski definition) is 1. The van der Waals surface area contributed by atoms with Crippen molar-refractivity contribution in [2.24, 2.45) is 0 Å². The van der Waals surface area contributed by atoms with Gasteiger partial charge in [-0.2, -0.15) is 38.1 Å². The number of benzene rings is 2. The molecule has 0 aliphatic rings. The summed E-state index contributed by atoms with van der Waals surface area (Å²) in [7, 11) is 0. The van der Waals surface area contributed by atoms with Gasteiger partial charge in [-0.15, -0.1) is 0 Å². The number of halogens is 11. The van der Waals surface area contributed by atoms with Gasteiger partial charge in [-0.3, -0.25) is 4.79 Å². The van der Waals surface area contributed by atoms with E-state index in [1.54, 1.807) is 0 Å². The molecule has 2 nitrogen and oxygen atoms in total. The molecule has 0 heterocycles. The van der Waals surface area contributed by atoms with Gasteiger partial charge >= 0.3 is 12.4 Å². The van der Waals surface area contributed by atoms with Crippen molar-refractivity contribution in [3.63, 3.8) is 0 Å². The lowest BCUT2D eigenvalue weighted by Crippen LogP contribution is -2.28. The first-order chi connectivity index (χ1) is 16.9. The zero-order chi connectivity index (χ0) is 28.2. The Balaban J connectivity index is 2.30. The van der Waals surface area contributed by atoms with Crippen molar-refractivity contribution in [1.29, 1.82) is 0 Å². The van der Waals surface area contributed by atoms with Crippen LogP contribution in [0.25, 0.3) is 6.08 Å². The second-order valence-corrected chi connectivity index (χ2v) is 10.1. The molecule has 1 unspecified atom stereocenters. The number of alkyl halides is 8. The first kappa shape index (κ1) is 31.5. The Bertz CT molecular complexity index is 1120. The highest BCUT2D eigenvalue weighted by atomic mass is 35.5. The third-order valence-corrected chi connectivity index (χ3v) is 7.00. The van der Waals surface area contributed by atoms with Gasteiger partial charge < -0.3 is 5.32 Å². The van der Waals surface area contributed by atoms with E-state index >= 15 is 0 Å². The third-order valence-electron chi connectivity index (χ3n) is 4.78. The zero-order valence-electron chi connectivity index (χ0n) is 18.7. The number of carbonyl (C=O) groups excluding carboxylic acids is 1. The Morgan fingerprint density at radius 3 is 2.11 bits per heavy atom. The van der Waals surface area contributed by atoms with Crippen molar-refractivity contribution in [2.45, 2.75) is 31.1 Å². The van der Waals surface area contributed by atoms with E-state index in [0.717, 1.165) is 24.3 Å². The molecule has 0 aromatic heterocycles. The van der Waals surface area contributed by atoms with E-state index < -0.39 is 47.0 Å². The van der Waals surface area contributed by atoms with Gasteiger partial charge in [-0.1, -0.05) is 53.0 Å². The van der Waals surface area contributed by atoms with E-state index in [2.05, 4.69) is 5.32 Å². The van der Waals surface area contributed by atoms with Gasteiger partial charge in [0.15, 0.2) is 0 Å². The lowest BCUT2D eigenvalue weighted by molar-refractivity contribution is -0.138. The topological polar surface area (TPSA) is 29.1 Å². The van der Waals surface area contributed by atoms with Crippen LogP contribution >= 0.6 is 46.6 Å². The summed E-state index contributed by atoms with van der Waals surface area (Å²) >= 11 is 18.2. The predicted octanol–water partition coefficient (Wildman–Crippen LogP) is 9.14. The normalized spacial score (nSPS) is 13.7. The number of nitrogens with one attached hydrogen (secondary N) is 1. The number of rotatable bonds is 9. The van der Waals surface area contributed by atoms with E-state index in [9.17, 15) is 39.9 Å². The molecule has 204 valence electrons. The summed E-state index contributed by atoms with van der Waals surface area (Å²) in [6.45, 7) is 0.317. The first-order valence-corrected chi connectivity index (χ1v) is 12.5. The minimum atomic E-state index is -4.98. The Morgan fingerprint density at radius 1 is 1.00 bits per heavy atom. The van der Waals surface area contributed by atoms with Crippen LogP contribution in [0.5, 0.6) is 0 Å². The quantitative estimate of drug-likeness (QED) is 0.173. The summed E-state index contributed by atoms with van der Waals surface area (Å²) in [5.41, 5.74) is -2.27. The molecule has 37 heavy (non-hydrogen) atoms. The van der Waals surface area contributed by atoms with Gasteiger partial charge in [0.05, 0.1) is 37.9 Å². The highest BCUT2D eigenvalue weighted by Gasteiger charge is 2.36. The lowest BCUT2D eigenvalue weighted by atomic mass is 9.92. The molecule has 0 aliphatic carbocycles. The van der Waals surface area contributed by atoms with Crippen molar-refractivity contribution >= 4 is 58.5 Å². The number of hydrogen-bond acceptors (Lipinski definition) is 2. The number of carbonyl (C=O) groups is 1. The van der Waals surface area contributed by atoms with E-state index in [1.165, 1.54) is 12.1 Å². The van der Waals surface area contributed by atoms with E-state index in [-0.39, 0.29) is 38.5 Å². The predicted molar refractivity (Wildman–Crippen MR) is 131 cm³/mol. The first-order valence-electron chi connectivity index (χ1n) is 10.2. The smallest absolute Gasteiger partial charge is 0.351 e. The highest BCUT2D eigenvalue weighted by molar-refractivity contribution is 7.99. The molecule has 1 N–H and O–H groups in total. The van der Waals surface area contributed by atoms with Gasteiger partial charge in [-0.25, -0.2) is 8.78 Å². The maximum absolute atomic E-state index is 14.3. The molecule has 1 amide bonds. The van der Waals surface area contributed by atoms with Crippen LogP contribution in [0.15, 0.2) is 36.4 Å². The largest absolute Gasteiger partial charge is 0.417 e. The molecule has 0 saturated carbocycles. The summed E-state index contributed by atoms with van der Waals surface area (Å²) in [6, 6.07) is 4.92. The van der Waals surface area contributed by atoms with Crippen LogP contribution in [0.4, 0.5) is 35.1 Å². The second-order valence-electron chi connectivity index (χ2n) is 7.82. The Morgan fingerprint density at radius 2 is 1.59 bits per heavy atom. The van der Waals surface area contributed by atoms with Gasteiger partial charge in [0, 0.05) is 19.2 Å². The molecule has 2 aromatic rings. The van der Waals surface area contributed by atoms with Crippen LogP contribution in [0.1, 0.15) is 39.9 Å². The van der Waals surface area contributed by atoms with Gasteiger partial charge in [0.2, 0.25) is 0 Å². The van der Waals surface area contributed by atoms with Crippen LogP contribution in [-0.4, -0.2) is 36.1 Å². The summed E-state index contributed by atoms with van der Waals surface area (Å²) in [6.07, 6.45) is -7.38. The number of allylic oxidation sites excluding steroid dienone is 1. The van der Waals surface area contributed by atoms with Crippen molar-refractivity contribution in [1.82, 2.24) is 5.32 Å². The molecular weight excluding hydrogens is 597 g/mol. The van der Waals surface area contributed by atoms with Crippen molar-refractivity contribution in [2.75, 3.05) is 18.1 Å². The molecule has 14 heteroatoms. The standard InChI is InChI=1S/C23H18Cl3F8NOS/c1-21(27,28)15(13-9-17(24)19(26)18(25)10-13)5-3-12-2-4-14(16(8-12)23(32,33)34)20(36)35-6-7-37-11-22(29,30)31/h2-5,8-10,15H,6-7,11H2,1H3,(H,35,36). The van der Waals surface area contributed by atoms with E-state index in [0.29, 0.717) is 24.8 Å². The fourth-order valence-corrected chi connectivity index (χ4v) is 4.39. The van der Waals surface area contributed by atoms with Crippen LogP contribution in [0.2, 0.25) is 15.1 Å². The van der Waals surface area contributed by atoms with Crippen LogP contribution < -0.4 is 5.32 Å². The molecule has 0 fully saturated rings. The van der Waals surface area contributed by atoms with Crippen molar-refractivity contribution < 1.29 is 39.9 Å². The average molecular weight is 615 g/mol. The van der Waals surface area contributed by atoms with Gasteiger partial charge in [0.1, 0.15) is 0 Å². The maximum Gasteiger partial charge on any atom is 0.417 e. The molecule has 0 spiro atoms. The summed E-state index contributed by atoms with van der Waals surface area (Å²) in [5, 5.41) is 1.93. The minimum absolute atomic E-state index is 0.0291. The molecule has 0 radical (unpaired) electrons. The molecule has 1 atom stereocenters. The number of amides is 1. The van der Waals surface area contributed by atoms with Crippen molar-refractivity contribution in [3.8, 4) is 0 Å². The Hall–Kier alpha value is -1.69. The molecule has 0 bridgehead atoms. The van der Waals surface area contributed by atoms with E-state index in [1.807, 2.05) is 0 Å². The van der Waals surface area contributed by atoms with Gasteiger partial charge in [-0.05, 0) is 35.4 Å². The van der Waals surface area contributed by atoms with Crippen LogP contribution in [-0.2, 0) is 6.18 Å². The number of thioether (sulfide) groups is 1. The van der Waals surface area contributed by atoms with Crippen molar-refractivity contribution in [3.05, 3.63) is 73.7 Å². The SMILES string of the molecule is CC(F)(F)C(C=Cc1ccc(C(=O)NCCSCC(F)(F)F)c(C(F)(F)F)c1)c1cc(Cl)c(Cl)c(Cl)c1. The fraction of sp³-hybridized carbons (Fsp3) is 0.348. The summed E-state index contributed by atoms with van der Waals surface area (Å²) in [5.74, 6) is -7.47. The molecular formula is C23H18Cl3F8NOS. The monoisotopic (exact) mass is 613 g/mol. The Kier molecular flexibility index (Phi) is 10.6. The van der Waals surface area contributed by atoms with E-state index in [4.69, 9.17) is 34.8 Å². The molecule has 0 aliphatic heterocycles. The lowest BCUT2D eigenvalue weighted by Gasteiger charge is -2.22. The third kappa shape index (κ3) is 9.53. The second kappa shape index (κ2) is 12.4. The zero-order valence-corrected chi connectivity index (χ0v) is 21.8. The Labute approximate surface area is 226 Å². The van der Waals surface area contributed by atoms with Crippen LogP contribution in [0, 0.1) is 0 Å².